The van der Waals surface area contributed by atoms with Crippen molar-refractivity contribution in [3.8, 4) is 11.5 Å². The Morgan fingerprint density at radius 2 is 1.88 bits per heavy atom. The van der Waals surface area contributed by atoms with Crippen molar-refractivity contribution in [3.05, 3.63) is 69.2 Å². The standard InChI is InChI=1S/C22H18ClN3O5S2/c1-12-4-6-15(7-5-12)33(28,29)31-19-17(23)9-14(10-18(19)30-3)8-16-20(24)26-11-13(2)32-22(26)25-21(16)27/h4-11,24H,1-3H3/b16-8-,24-20?. The van der Waals surface area contributed by atoms with Gasteiger partial charge in [-0.1, -0.05) is 41.1 Å². The Morgan fingerprint density at radius 3 is 2.55 bits per heavy atom. The van der Waals surface area contributed by atoms with Crippen LogP contribution in [-0.4, -0.2) is 37.3 Å². The van der Waals surface area contributed by atoms with E-state index in [-0.39, 0.29) is 32.8 Å². The average molecular weight is 504 g/mol. The molecule has 8 nitrogen and oxygen atoms in total. The first kappa shape index (κ1) is 23.1. The van der Waals surface area contributed by atoms with E-state index in [2.05, 4.69) is 4.99 Å². The van der Waals surface area contributed by atoms with Gasteiger partial charge in [-0.3, -0.25) is 15.1 Å². The van der Waals surface area contributed by atoms with Gasteiger partial charge in [0, 0.05) is 11.1 Å². The third-order valence-corrected chi connectivity index (χ3v) is 7.17. The van der Waals surface area contributed by atoms with Crippen LogP contribution in [0.3, 0.4) is 0 Å². The summed E-state index contributed by atoms with van der Waals surface area (Å²) < 4.78 is 36.0. The van der Waals surface area contributed by atoms with Crippen molar-refractivity contribution in [3.63, 3.8) is 0 Å². The van der Waals surface area contributed by atoms with Crippen LogP contribution in [0.25, 0.3) is 6.08 Å². The molecule has 0 bridgehead atoms. The highest BCUT2D eigenvalue weighted by molar-refractivity contribution is 8.17. The van der Waals surface area contributed by atoms with Gasteiger partial charge >= 0.3 is 10.1 Å². The summed E-state index contributed by atoms with van der Waals surface area (Å²) in [5, 5.41) is 8.79. The minimum absolute atomic E-state index is 0.0216. The number of amides is 1. The first-order chi connectivity index (χ1) is 15.6. The van der Waals surface area contributed by atoms with Crippen molar-refractivity contribution in [2.24, 2.45) is 4.99 Å². The zero-order chi connectivity index (χ0) is 23.9. The van der Waals surface area contributed by atoms with Crippen LogP contribution in [0, 0.1) is 12.3 Å². The topological polar surface area (TPSA) is 109 Å². The summed E-state index contributed by atoms with van der Waals surface area (Å²) in [6.45, 7) is 3.70. The molecule has 2 aromatic rings. The number of fused-ring (bicyclic) bond motifs is 1. The molecule has 33 heavy (non-hydrogen) atoms. The number of hydrogen-bond acceptors (Lipinski definition) is 7. The van der Waals surface area contributed by atoms with Gasteiger partial charge in [0.1, 0.15) is 10.7 Å². The number of thioether (sulfide) groups is 1. The van der Waals surface area contributed by atoms with Gasteiger partial charge in [-0.15, -0.1) is 0 Å². The van der Waals surface area contributed by atoms with Crippen LogP contribution in [0.1, 0.15) is 18.1 Å². The van der Waals surface area contributed by atoms with Crippen molar-refractivity contribution < 1.29 is 22.1 Å². The first-order valence-corrected chi connectivity index (χ1v) is 12.2. The fourth-order valence-corrected chi connectivity index (χ4v) is 5.21. The lowest BCUT2D eigenvalue weighted by molar-refractivity contribution is -0.114. The first-order valence-electron chi connectivity index (χ1n) is 9.57. The van der Waals surface area contributed by atoms with Gasteiger partial charge in [-0.2, -0.15) is 13.4 Å². The van der Waals surface area contributed by atoms with E-state index in [0.29, 0.717) is 10.7 Å². The molecule has 1 N–H and O–H groups in total. The summed E-state index contributed by atoms with van der Waals surface area (Å²) in [5.41, 5.74) is 1.38. The van der Waals surface area contributed by atoms with Crippen molar-refractivity contribution >= 4 is 56.5 Å². The third-order valence-electron chi connectivity index (χ3n) is 4.76. The fraction of sp³-hybridized carbons (Fsp3) is 0.136. The van der Waals surface area contributed by atoms with Crippen LogP contribution in [0.4, 0.5) is 0 Å². The molecule has 0 saturated heterocycles. The van der Waals surface area contributed by atoms with Gasteiger partial charge in [0.25, 0.3) is 5.91 Å². The average Bonchev–Trinajstić information content (AvgIpc) is 3.13. The maximum absolute atomic E-state index is 12.7. The number of halogens is 1. The number of benzene rings is 2. The van der Waals surface area contributed by atoms with E-state index in [4.69, 9.17) is 25.9 Å². The molecule has 0 aliphatic carbocycles. The second kappa shape index (κ2) is 8.69. The number of hydrogen-bond donors (Lipinski definition) is 1. The largest absolute Gasteiger partial charge is 0.493 e. The van der Waals surface area contributed by atoms with Crippen molar-refractivity contribution in [1.82, 2.24) is 4.90 Å². The Hall–Kier alpha value is -3.08. The van der Waals surface area contributed by atoms with Crippen molar-refractivity contribution in [2.45, 2.75) is 18.7 Å². The molecule has 0 saturated carbocycles. The molecule has 170 valence electrons. The highest BCUT2D eigenvalue weighted by Crippen LogP contribution is 2.39. The quantitative estimate of drug-likeness (QED) is 0.469. The zero-order valence-corrected chi connectivity index (χ0v) is 20.1. The van der Waals surface area contributed by atoms with Gasteiger partial charge in [0.2, 0.25) is 5.75 Å². The molecule has 0 fully saturated rings. The third kappa shape index (κ3) is 4.54. The van der Waals surface area contributed by atoms with Crippen LogP contribution in [0.5, 0.6) is 11.5 Å². The molecule has 0 unspecified atom stereocenters. The monoisotopic (exact) mass is 503 g/mol. The molecule has 2 aromatic carbocycles. The minimum Gasteiger partial charge on any atom is -0.493 e. The summed E-state index contributed by atoms with van der Waals surface area (Å²) in [6.07, 6.45) is 3.18. The summed E-state index contributed by atoms with van der Waals surface area (Å²) in [6, 6.07) is 9.08. The molecule has 2 aliphatic heterocycles. The number of nitrogens with zero attached hydrogens (tertiary/aromatic N) is 2. The lowest BCUT2D eigenvalue weighted by Gasteiger charge is -2.22. The Balaban J connectivity index is 1.69. The van der Waals surface area contributed by atoms with Gasteiger partial charge in [-0.25, -0.2) is 0 Å². The van der Waals surface area contributed by atoms with Crippen LogP contribution in [0.2, 0.25) is 5.02 Å². The zero-order valence-electron chi connectivity index (χ0n) is 17.7. The SMILES string of the molecule is COc1cc(/C=C2/C(=N)N3C=C(C)SC3=NC2=O)cc(Cl)c1OS(=O)(=O)c1ccc(C)cc1. The van der Waals surface area contributed by atoms with E-state index in [1.54, 1.807) is 18.3 Å². The number of amidine groups is 2. The number of allylic oxidation sites excluding steroid dienone is 1. The predicted octanol–water partition coefficient (Wildman–Crippen LogP) is 4.59. The summed E-state index contributed by atoms with van der Waals surface area (Å²) in [4.78, 5) is 18.9. The maximum Gasteiger partial charge on any atom is 0.339 e. The lowest BCUT2D eigenvalue weighted by Crippen LogP contribution is -2.35. The molecular formula is C22H18ClN3O5S2. The fourth-order valence-electron chi connectivity index (χ4n) is 3.14. The molecule has 0 spiro atoms. The molecule has 2 heterocycles. The number of carbonyl (C=O) groups is 1. The van der Waals surface area contributed by atoms with E-state index in [1.165, 1.54) is 54.1 Å². The number of aryl methyl sites for hydroxylation is 1. The molecule has 11 heteroatoms. The van der Waals surface area contributed by atoms with E-state index < -0.39 is 16.0 Å². The predicted molar refractivity (Wildman–Crippen MR) is 128 cm³/mol. The highest BCUT2D eigenvalue weighted by Gasteiger charge is 2.33. The normalized spacial score (nSPS) is 17.1. The Labute approximate surface area is 200 Å². The number of aliphatic imine (C=N–C) groups is 1. The second-order valence-corrected chi connectivity index (χ2v) is 10.4. The van der Waals surface area contributed by atoms with Gasteiger partial charge < -0.3 is 8.92 Å². The van der Waals surface area contributed by atoms with E-state index in [9.17, 15) is 13.2 Å². The highest BCUT2D eigenvalue weighted by atomic mass is 35.5. The summed E-state index contributed by atoms with van der Waals surface area (Å²) in [5.74, 6) is -0.704. The van der Waals surface area contributed by atoms with Gasteiger partial charge in [0.15, 0.2) is 10.9 Å². The van der Waals surface area contributed by atoms with Crippen LogP contribution >= 0.6 is 23.4 Å². The van der Waals surface area contributed by atoms with Crippen LogP contribution < -0.4 is 8.92 Å². The molecular weight excluding hydrogens is 486 g/mol. The maximum atomic E-state index is 12.7. The lowest BCUT2D eigenvalue weighted by atomic mass is 10.1. The number of nitrogens with one attached hydrogen (secondary N) is 1. The van der Waals surface area contributed by atoms with Crippen LogP contribution in [-0.2, 0) is 14.9 Å². The number of ether oxygens (including phenoxy) is 1. The second-order valence-electron chi connectivity index (χ2n) is 7.20. The van der Waals surface area contributed by atoms with Crippen molar-refractivity contribution in [2.75, 3.05) is 7.11 Å². The number of rotatable bonds is 5. The molecule has 0 aromatic heterocycles. The molecule has 4 rings (SSSR count). The Kier molecular flexibility index (Phi) is 6.08. The number of carbonyl (C=O) groups excluding carboxylic acids is 1. The molecule has 1 amide bonds. The van der Waals surface area contributed by atoms with E-state index >= 15 is 0 Å². The van der Waals surface area contributed by atoms with Crippen molar-refractivity contribution in [1.29, 1.82) is 5.41 Å². The van der Waals surface area contributed by atoms with E-state index in [0.717, 1.165) is 10.5 Å². The molecule has 2 aliphatic rings. The summed E-state index contributed by atoms with van der Waals surface area (Å²) >= 11 is 7.66. The smallest absolute Gasteiger partial charge is 0.339 e. The van der Waals surface area contributed by atoms with Gasteiger partial charge in [0.05, 0.1) is 17.7 Å². The minimum atomic E-state index is -4.16. The number of methoxy groups -OCH3 is 1. The Bertz CT molecular complexity index is 1380. The van der Waals surface area contributed by atoms with Crippen LogP contribution in [0.15, 0.2) is 63.0 Å². The molecule has 0 atom stereocenters. The van der Waals surface area contributed by atoms with E-state index in [1.807, 2.05) is 13.8 Å². The van der Waals surface area contributed by atoms with Gasteiger partial charge in [-0.05, 0) is 49.8 Å². The molecule has 0 radical (unpaired) electrons. The summed E-state index contributed by atoms with van der Waals surface area (Å²) in [7, 11) is -2.82. The Morgan fingerprint density at radius 1 is 1.18 bits per heavy atom.